The molecule has 0 saturated carbocycles. The molecule has 0 atom stereocenters. The normalized spacial score (nSPS) is 14.7. The summed E-state index contributed by atoms with van der Waals surface area (Å²) < 4.78 is 28.6. The third kappa shape index (κ3) is 5.00. The van der Waals surface area contributed by atoms with Crippen molar-refractivity contribution in [2.24, 2.45) is 0 Å². The molecule has 0 aromatic heterocycles. The topological polar surface area (TPSA) is 41.6 Å². The van der Waals surface area contributed by atoms with Crippen molar-refractivity contribution >= 4 is 11.6 Å². The highest BCUT2D eigenvalue weighted by Gasteiger charge is 2.12. The van der Waals surface area contributed by atoms with E-state index in [1.165, 1.54) is 37.1 Å². The molecule has 0 unspecified atom stereocenters. The quantitative estimate of drug-likeness (QED) is 0.855. The van der Waals surface area contributed by atoms with Crippen molar-refractivity contribution in [3.8, 4) is 5.75 Å². The number of ether oxygens (including phenoxy) is 1. The lowest BCUT2D eigenvalue weighted by Crippen LogP contribution is -2.18. The molecular weight excluding hydrogens is 326 g/mol. The van der Waals surface area contributed by atoms with Gasteiger partial charge in [-0.2, -0.15) is 8.78 Å². The van der Waals surface area contributed by atoms with Gasteiger partial charge in [-0.05, 0) is 67.9 Å². The fraction of sp³-hybridized carbons (Fsp3) is 0.316. The van der Waals surface area contributed by atoms with E-state index in [0.717, 1.165) is 30.9 Å². The molecule has 0 aliphatic carbocycles. The number of rotatable bonds is 6. The molecule has 1 fully saturated rings. The molecule has 1 N–H and O–H groups in total. The number of carbonyl (C=O) groups excluding carboxylic acids is 1. The summed E-state index contributed by atoms with van der Waals surface area (Å²) in [6.45, 7) is 0.231. The van der Waals surface area contributed by atoms with Crippen LogP contribution in [-0.2, 0) is 6.54 Å². The molecule has 4 nitrogen and oxygen atoms in total. The Morgan fingerprint density at radius 1 is 1.12 bits per heavy atom. The standard InChI is InChI=1S/C19H20F2N2O2/c20-19(21)25-17-8-6-15(7-9-17)18(24)22-16-5-3-4-14(12-16)13-23-10-1-2-11-23/h3-9,12,19H,1-2,10-11,13H2,(H,22,24). The Labute approximate surface area is 145 Å². The largest absolute Gasteiger partial charge is 0.435 e. The average Bonchev–Trinajstić information content (AvgIpc) is 3.08. The van der Waals surface area contributed by atoms with Gasteiger partial charge in [0.25, 0.3) is 5.91 Å². The van der Waals surface area contributed by atoms with Gasteiger partial charge in [-0.1, -0.05) is 12.1 Å². The smallest absolute Gasteiger partial charge is 0.387 e. The number of halogens is 2. The predicted octanol–water partition coefficient (Wildman–Crippen LogP) is 4.14. The second-order valence-corrected chi connectivity index (χ2v) is 6.04. The summed E-state index contributed by atoms with van der Waals surface area (Å²) in [6, 6.07) is 13.4. The van der Waals surface area contributed by atoms with E-state index in [-0.39, 0.29) is 11.7 Å². The highest BCUT2D eigenvalue weighted by atomic mass is 19.3. The van der Waals surface area contributed by atoms with Gasteiger partial charge in [0, 0.05) is 17.8 Å². The van der Waals surface area contributed by atoms with Crippen molar-refractivity contribution < 1.29 is 18.3 Å². The van der Waals surface area contributed by atoms with Gasteiger partial charge < -0.3 is 10.1 Å². The lowest BCUT2D eigenvalue weighted by atomic mass is 10.1. The van der Waals surface area contributed by atoms with Gasteiger partial charge in [0.05, 0.1) is 0 Å². The Hall–Kier alpha value is -2.47. The third-order valence-electron chi connectivity index (χ3n) is 4.13. The monoisotopic (exact) mass is 346 g/mol. The maximum Gasteiger partial charge on any atom is 0.387 e. The lowest BCUT2D eigenvalue weighted by molar-refractivity contribution is -0.0498. The minimum Gasteiger partial charge on any atom is -0.435 e. The number of hydrogen-bond acceptors (Lipinski definition) is 3. The van der Waals surface area contributed by atoms with Crippen molar-refractivity contribution in [2.45, 2.75) is 26.0 Å². The van der Waals surface area contributed by atoms with E-state index < -0.39 is 6.61 Å². The number of nitrogens with one attached hydrogen (secondary N) is 1. The van der Waals surface area contributed by atoms with Gasteiger partial charge in [0.1, 0.15) is 5.75 Å². The van der Waals surface area contributed by atoms with Crippen LogP contribution in [0.15, 0.2) is 48.5 Å². The number of carbonyl (C=O) groups is 1. The van der Waals surface area contributed by atoms with Crippen LogP contribution in [0, 0.1) is 0 Å². The molecule has 6 heteroatoms. The van der Waals surface area contributed by atoms with Gasteiger partial charge in [-0.15, -0.1) is 0 Å². The molecule has 1 heterocycles. The predicted molar refractivity (Wildman–Crippen MR) is 92.0 cm³/mol. The van der Waals surface area contributed by atoms with Crippen molar-refractivity contribution in [3.05, 3.63) is 59.7 Å². The summed E-state index contributed by atoms with van der Waals surface area (Å²) in [5, 5.41) is 2.84. The first-order valence-electron chi connectivity index (χ1n) is 8.28. The van der Waals surface area contributed by atoms with Crippen LogP contribution < -0.4 is 10.1 Å². The number of amides is 1. The fourth-order valence-corrected chi connectivity index (χ4v) is 2.94. The Bertz CT molecular complexity index is 714. The first kappa shape index (κ1) is 17.4. The van der Waals surface area contributed by atoms with Crippen molar-refractivity contribution in [2.75, 3.05) is 18.4 Å². The zero-order valence-electron chi connectivity index (χ0n) is 13.8. The number of benzene rings is 2. The van der Waals surface area contributed by atoms with Crippen LogP contribution in [0.25, 0.3) is 0 Å². The van der Waals surface area contributed by atoms with Crippen LogP contribution in [0.3, 0.4) is 0 Å². The van der Waals surface area contributed by atoms with E-state index in [9.17, 15) is 13.6 Å². The highest BCUT2D eigenvalue weighted by Crippen LogP contribution is 2.18. The van der Waals surface area contributed by atoms with E-state index in [4.69, 9.17) is 0 Å². The zero-order valence-corrected chi connectivity index (χ0v) is 13.8. The Kier molecular flexibility index (Phi) is 5.60. The van der Waals surface area contributed by atoms with E-state index in [2.05, 4.69) is 15.0 Å². The fourth-order valence-electron chi connectivity index (χ4n) is 2.94. The van der Waals surface area contributed by atoms with Crippen molar-refractivity contribution in [3.63, 3.8) is 0 Å². The summed E-state index contributed by atoms with van der Waals surface area (Å²) in [4.78, 5) is 14.7. The van der Waals surface area contributed by atoms with Gasteiger partial charge in [-0.3, -0.25) is 9.69 Å². The van der Waals surface area contributed by atoms with Crippen LogP contribution in [0.2, 0.25) is 0 Å². The van der Waals surface area contributed by atoms with Gasteiger partial charge >= 0.3 is 6.61 Å². The van der Waals surface area contributed by atoms with Crippen LogP contribution in [0.5, 0.6) is 5.75 Å². The van der Waals surface area contributed by atoms with Crippen LogP contribution in [0.4, 0.5) is 14.5 Å². The maximum absolute atomic E-state index is 12.3. The molecule has 25 heavy (non-hydrogen) atoms. The number of nitrogens with zero attached hydrogens (tertiary/aromatic N) is 1. The lowest BCUT2D eigenvalue weighted by Gasteiger charge is -2.15. The first-order chi connectivity index (χ1) is 12.1. The van der Waals surface area contributed by atoms with Crippen LogP contribution in [0.1, 0.15) is 28.8 Å². The van der Waals surface area contributed by atoms with Gasteiger partial charge in [0.2, 0.25) is 0 Å². The SMILES string of the molecule is O=C(Nc1cccc(CN2CCCC2)c1)c1ccc(OC(F)F)cc1. The summed E-state index contributed by atoms with van der Waals surface area (Å²) >= 11 is 0. The molecular formula is C19H20F2N2O2. The molecule has 3 rings (SSSR count). The molecule has 1 aliphatic rings. The van der Waals surface area contributed by atoms with Gasteiger partial charge in [-0.25, -0.2) is 0 Å². The van der Waals surface area contributed by atoms with Crippen molar-refractivity contribution in [1.29, 1.82) is 0 Å². The van der Waals surface area contributed by atoms with Gasteiger partial charge in [0.15, 0.2) is 0 Å². The molecule has 0 radical (unpaired) electrons. The van der Waals surface area contributed by atoms with Crippen LogP contribution in [-0.4, -0.2) is 30.5 Å². The molecule has 1 saturated heterocycles. The van der Waals surface area contributed by atoms with Crippen LogP contribution >= 0.6 is 0 Å². The third-order valence-corrected chi connectivity index (χ3v) is 4.13. The summed E-state index contributed by atoms with van der Waals surface area (Å²) in [6.07, 6.45) is 2.48. The number of likely N-dealkylation sites (tertiary alicyclic amines) is 1. The second-order valence-electron chi connectivity index (χ2n) is 6.04. The summed E-state index contributed by atoms with van der Waals surface area (Å²) in [5.41, 5.74) is 2.25. The van der Waals surface area contributed by atoms with E-state index in [0.29, 0.717) is 5.56 Å². The second kappa shape index (κ2) is 8.07. The number of alkyl halides is 2. The van der Waals surface area contributed by atoms with E-state index in [1.54, 1.807) is 0 Å². The minimum atomic E-state index is -2.88. The number of hydrogen-bond donors (Lipinski definition) is 1. The Morgan fingerprint density at radius 3 is 2.52 bits per heavy atom. The Morgan fingerprint density at radius 2 is 1.84 bits per heavy atom. The highest BCUT2D eigenvalue weighted by molar-refractivity contribution is 6.04. The summed E-state index contributed by atoms with van der Waals surface area (Å²) in [7, 11) is 0. The average molecular weight is 346 g/mol. The molecule has 1 aliphatic heterocycles. The molecule has 2 aromatic carbocycles. The minimum absolute atomic E-state index is 0.0270. The van der Waals surface area contributed by atoms with Crippen molar-refractivity contribution in [1.82, 2.24) is 4.90 Å². The molecule has 1 amide bonds. The molecule has 0 bridgehead atoms. The Balaban J connectivity index is 1.62. The zero-order chi connectivity index (χ0) is 17.6. The molecule has 2 aromatic rings. The van der Waals surface area contributed by atoms with E-state index >= 15 is 0 Å². The van der Waals surface area contributed by atoms with E-state index in [1.807, 2.05) is 24.3 Å². The maximum atomic E-state index is 12.3. The molecule has 132 valence electrons. The summed E-state index contributed by atoms with van der Waals surface area (Å²) in [5.74, 6) is -0.263. The number of anilines is 1. The molecule has 0 spiro atoms. The first-order valence-corrected chi connectivity index (χ1v) is 8.28.